The third kappa shape index (κ3) is 4.65. The van der Waals surface area contributed by atoms with Gasteiger partial charge in [0, 0.05) is 31.0 Å². The molecule has 0 atom stereocenters. The molecule has 18 heavy (non-hydrogen) atoms. The van der Waals surface area contributed by atoms with Crippen LogP contribution in [-0.2, 0) is 22.4 Å². The lowest BCUT2D eigenvalue weighted by Gasteiger charge is -2.01. The summed E-state index contributed by atoms with van der Waals surface area (Å²) in [5.74, 6) is 0. The summed E-state index contributed by atoms with van der Waals surface area (Å²) in [5.41, 5.74) is 1.17. The molecule has 0 amide bonds. The van der Waals surface area contributed by atoms with Crippen molar-refractivity contribution in [2.45, 2.75) is 38.8 Å². The van der Waals surface area contributed by atoms with E-state index in [2.05, 4.69) is 17.2 Å². The van der Waals surface area contributed by atoms with Crippen LogP contribution >= 0.6 is 11.3 Å². The lowest BCUT2D eigenvalue weighted by atomic mass is 10.4. The Hall–Kier alpha value is -0.490. The van der Waals surface area contributed by atoms with Crippen LogP contribution in [0.1, 0.15) is 28.4 Å². The lowest BCUT2D eigenvalue weighted by molar-refractivity contribution is 0.0722. The standard InChI is InChI=1S/C13H22N2O2S/c1-10-12(9-14-11-3-4-11)18-13(15-10)5-6-17-8-7-16-2/h11,14H,3-9H2,1-2H3. The summed E-state index contributed by atoms with van der Waals surface area (Å²) >= 11 is 1.81. The van der Waals surface area contributed by atoms with Crippen molar-refractivity contribution in [3.05, 3.63) is 15.6 Å². The molecule has 1 heterocycles. The molecule has 0 radical (unpaired) electrons. The highest BCUT2D eigenvalue weighted by atomic mass is 32.1. The smallest absolute Gasteiger partial charge is 0.0954 e. The molecule has 0 spiro atoms. The van der Waals surface area contributed by atoms with Crippen molar-refractivity contribution in [1.82, 2.24) is 10.3 Å². The lowest BCUT2D eigenvalue weighted by Crippen LogP contribution is -2.14. The van der Waals surface area contributed by atoms with E-state index in [0.717, 1.165) is 25.6 Å². The highest BCUT2D eigenvalue weighted by Crippen LogP contribution is 2.22. The maximum atomic E-state index is 5.46. The van der Waals surface area contributed by atoms with Crippen molar-refractivity contribution in [2.24, 2.45) is 0 Å². The van der Waals surface area contributed by atoms with Crippen molar-refractivity contribution in [1.29, 1.82) is 0 Å². The maximum Gasteiger partial charge on any atom is 0.0954 e. The van der Waals surface area contributed by atoms with Crippen LogP contribution in [0.25, 0.3) is 0 Å². The average molecular weight is 270 g/mol. The largest absolute Gasteiger partial charge is 0.382 e. The van der Waals surface area contributed by atoms with Gasteiger partial charge < -0.3 is 14.8 Å². The molecule has 1 aliphatic carbocycles. The van der Waals surface area contributed by atoms with E-state index in [4.69, 9.17) is 9.47 Å². The number of hydrogen-bond donors (Lipinski definition) is 1. The number of aromatic nitrogens is 1. The second-order valence-corrected chi connectivity index (χ2v) is 5.79. The normalized spacial score (nSPS) is 15.2. The average Bonchev–Trinajstić information content (AvgIpc) is 3.11. The fourth-order valence-corrected chi connectivity index (χ4v) is 2.69. The monoisotopic (exact) mass is 270 g/mol. The fraction of sp³-hybridized carbons (Fsp3) is 0.769. The predicted molar refractivity (Wildman–Crippen MR) is 73.1 cm³/mol. The molecule has 0 aliphatic heterocycles. The molecule has 0 saturated heterocycles. The molecule has 4 nitrogen and oxygen atoms in total. The quantitative estimate of drug-likeness (QED) is 0.696. The first-order chi connectivity index (χ1) is 8.79. The van der Waals surface area contributed by atoms with Gasteiger partial charge in [-0.2, -0.15) is 0 Å². The van der Waals surface area contributed by atoms with Crippen LogP contribution in [0.2, 0.25) is 0 Å². The molecule has 1 saturated carbocycles. The number of hydrogen-bond acceptors (Lipinski definition) is 5. The van der Waals surface area contributed by atoms with Gasteiger partial charge in [-0.3, -0.25) is 0 Å². The number of thiazole rings is 1. The van der Waals surface area contributed by atoms with Crippen molar-refractivity contribution < 1.29 is 9.47 Å². The molecule has 2 rings (SSSR count). The molecule has 0 aromatic carbocycles. The first kappa shape index (κ1) is 13.9. The van der Waals surface area contributed by atoms with Crippen LogP contribution in [0, 0.1) is 6.92 Å². The first-order valence-corrected chi connectivity index (χ1v) is 7.36. The van der Waals surface area contributed by atoms with Crippen molar-refractivity contribution >= 4 is 11.3 Å². The molecule has 0 unspecified atom stereocenters. The van der Waals surface area contributed by atoms with E-state index in [1.807, 2.05) is 11.3 Å². The summed E-state index contributed by atoms with van der Waals surface area (Å²) in [4.78, 5) is 5.96. The number of methoxy groups -OCH3 is 1. The highest BCUT2D eigenvalue weighted by Gasteiger charge is 2.20. The van der Waals surface area contributed by atoms with Gasteiger partial charge in [0.15, 0.2) is 0 Å². The number of nitrogens with one attached hydrogen (secondary N) is 1. The van der Waals surface area contributed by atoms with E-state index < -0.39 is 0 Å². The highest BCUT2D eigenvalue weighted by molar-refractivity contribution is 7.11. The Balaban J connectivity index is 1.69. The van der Waals surface area contributed by atoms with Crippen LogP contribution in [0.15, 0.2) is 0 Å². The van der Waals surface area contributed by atoms with Gasteiger partial charge in [0.1, 0.15) is 0 Å². The molecular weight excluding hydrogens is 248 g/mol. The topological polar surface area (TPSA) is 43.4 Å². The third-order valence-electron chi connectivity index (χ3n) is 2.96. The predicted octanol–water partition coefficient (Wildman–Crippen LogP) is 1.91. The maximum absolute atomic E-state index is 5.46. The Bertz CT molecular complexity index is 364. The molecule has 1 aromatic rings. The summed E-state index contributed by atoms with van der Waals surface area (Å²) in [6, 6.07) is 0.757. The second-order valence-electron chi connectivity index (χ2n) is 4.63. The molecule has 1 aromatic heterocycles. The van der Waals surface area contributed by atoms with Gasteiger partial charge in [-0.15, -0.1) is 11.3 Å². The summed E-state index contributed by atoms with van der Waals surface area (Å²) in [6.45, 7) is 5.12. The van der Waals surface area contributed by atoms with Crippen molar-refractivity contribution in [2.75, 3.05) is 26.9 Å². The molecule has 1 fully saturated rings. The fourth-order valence-electron chi connectivity index (χ4n) is 1.69. The van der Waals surface area contributed by atoms with E-state index in [-0.39, 0.29) is 0 Å². The summed E-state index contributed by atoms with van der Waals surface area (Å²) in [6.07, 6.45) is 3.56. The molecule has 0 bridgehead atoms. The summed E-state index contributed by atoms with van der Waals surface area (Å²) in [5, 5.41) is 4.71. The minimum Gasteiger partial charge on any atom is -0.382 e. The van der Waals surface area contributed by atoms with Gasteiger partial charge in [-0.25, -0.2) is 4.98 Å². The van der Waals surface area contributed by atoms with E-state index in [0.29, 0.717) is 13.2 Å². The molecular formula is C13H22N2O2S. The van der Waals surface area contributed by atoms with Crippen LogP contribution in [0.4, 0.5) is 0 Å². The van der Waals surface area contributed by atoms with E-state index in [9.17, 15) is 0 Å². The van der Waals surface area contributed by atoms with E-state index >= 15 is 0 Å². The minimum absolute atomic E-state index is 0.660. The number of ether oxygens (including phenoxy) is 2. The summed E-state index contributed by atoms with van der Waals surface area (Å²) < 4.78 is 10.4. The molecule has 102 valence electrons. The van der Waals surface area contributed by atoms with Crippen LogP contribution in [0.3, 0.4) is 0 Å². The van der Waals surface area contributed by atoms with Crippen molar-refractivity contribution in [3.8, 4) is 0 Å². The van der Waals surface area contributed by atoms with Crippen LogP contribution in [-0.4, -0.2) is 38.0 Å². The van der Waals surface area contributed by atoms with Gasteiger partial charge in [0.05, 0.1) is 30.5 Å². The number of rotatable bonds is 9. The Labute approximate surface area is 113 Å². The zero-order valence-electron chi connectivity index (χ0n) is 11.2. The van der Waals surface area contributed by atoms with Gasteiger partial charge in [-0.05, 0) is 19.8 Å². The number of nitrogens with zero attached hydrogens (tertiary/aromatic N) is 1. The molecule has 1 aliphatic rings. The zero-order chi connectivity index (χ0) is 12.8. The van der Waals surface area contributed by atoms with Gasteiger partial charge in [-0.1, -0.05) is 0 Å². The van der Waals surface area contributed by atoms with Gasteiger partial charge in [0.25, 0.3) is 0 Å². The van der Waals surface area contributed by atoms with Crippen LogP contribution < -0.4 is 5.32 Å². The van der Waals surface area contributed by atoms with E-state index in [1.165, 1.54) is 28.4 Å². The molecule has 5 heteroatoms. The second kappa shape index (κ2) is 7.19. The third-order valence-corrected chi connectivity index (χ3v) is 4.17. The van der Waals surface area contributed by atoms with E-state index in [1.54, 1.807) is 7.11 Å². The summed E-state index contributed by atoms with van der Waals surface area (Å²) in [7, 11) is 1.69. The SMILES string of the molecule is COCCOCCc1nc(C)c(CNC2CC2)s1. The van der Waals surface area contributed by atoms with Crippen LogP contribution in [0.5, 0.6) is 0 Å². The van der Waals surface area contributed by atoms with Crippen molar-refractivity contribution in [3.63, 3.8) is 0 Å². The Morgan fingerprint density at radius 3 is 2.89 bits per heavy atom. The Morgan fingerprint density at radius 1 is 1.33 bits per heavy atom. The molecule has 1 N–H and O–H groups in total. The van der Waals surface area contributed by atoms with Gasteiger partial charge in [0.2, 0.25) is 0 Å². The Morgan fingerprint density at radius 2 is 2.17 bits per heavy atom. The zero-order valence-corrected chi connectivity index (χ0v) is 12.0. The number of aryl methyl sites for hydroxylation is 1. The minimum atomic E-state index is 0.660. The van der Waals surface area contributed by atoms with Gasteiger partial charge >= 0.3 is 0 Å². The Kier molecular flexibility index (Phi) is 5.56. The first-order valence-electron chi connectivity index (χ1n) is 6.55.